The zero-order valence-electron chi connectivity index (χ0n) is 11.8. The van der Waals surface area contributed by atoms with Crippen molar-refractivity contribution < 1.29 is 22.7 Å². The third kappa shape index (κ3) is 3.48. The minimum Gasteiger partial charge on any atom is -0.496 e. The molecule has 2 amide bonds. The fraction of sp³-hybridized carbons (Fsp3) is 0.250. The summed E-state index contributed by atoms with van der Waals surface area (Å²) in [7, 11) is 1.44. The number of primary amides is 1. The highest BCUT2D eigenvalue weighted by molar-refractivity contribution is 7.15. The third-order valence-electron chi connectivity index (χ3n) is 2.77. The molecule has 6 nitrogen and oxygen atoms in total. The van der Waals surface area contributed by atoms with Gasteiger partial charge in [-0.05, 0) is 18.6 Å². The van der Waals surface area contributed by atoms with Crippen LogP contribution in [0.2, 0.25) is 5.02 Å². The Hall–Kier alpha value is -2.07. The number of amides is 2. The first-order valence-electron chi connectivity index (χ1n) is 5.99. The number of urea groups is 1. The second-order valence-electron chi connectivity index (χ2n) is 4.33. The van der Waals surface area contributed by atoms with E-state index < -0.39 is 17.2 Å². The number of alkyl halides is 3. The van der Waals surface area contributed by atoms with Crippen LogP contribution in [0.5, 0.6) is 5.75 Å². The monoisotopic (exact) mass is 366 g/mol. The lowest BCUT2D eigenvalue weighted by Crippen LogP contribution is -2.31. The Morgan fingerprint density at radius 1 is 1.39 bits per heavy atom. The van der Waals surface area contributed by atoms with Crippen molar-refractivity contribution in [2.24, 2.45) is 5.73 Å². The SMILES string of the molecule is COc1cc(Cl)c(N(C(N)=O)c2nnc(C(F)(F)F)s2)cc1C. The van der Waals surface area contributed by atoms with Crippen LogP contribution in [0, 0.1) is 6.92 Å². The lowest BCUT2D eigenvalue weighted by atomic mass is 10.2. The average Bonchev–Trinajstić information content (AvgIpc) is 2.91. The molecule has 0 bridgehead atoms. The van der Waals surface area contributed by atoms with Crippen molar-refractivity contribution in [1.29, 1.82) is 0 Å². The molecule has 1 heterocycles. The Labute approximate surface area is 137 Å². The second kappa shape index (κ2) is 6.20. The number of nitrogens with two attached hydrogens (primary N) is 1. The molecule has 1 aromatic heterocycles. The maximum atomic E-state index is 12.6. The van der Waals surface area contributed by atoms with Crippen LogP contribution in [0.4, 0.5) is 28.8 Å². The van der Waals surface area contributed by atoms with Gasteiger partial charge < -0.3 is 10.5 Å². The first-order valence-corrected chi connectivity index (χ1v) is 7.19. The van der Waals surface area contributed by atoms with Crippen LogP contribution < -0.4 is 15.4 Å². The summed E-state index contributed by atoms with van der Waals surface area (Å²) in [6.45, 7) is 1.68. The number of hydrogen-bond donors (Lipinski definition) is 1. The van der Waals surface area contributed by atoms with Gasteiger partial charge in [0.1, 0.15) is 5.75 Å². The summed E-state index contributed by atoms with van der Waals surface area (Å²) in [5.41, 5.74) is 5.96. The van der Waals surface area contributed by atoms with E-state index in [1.807, 2.05) is 0 Å². The number of rotatable bonds is 3. The molecule has 2 rings (SSSR count). The van der Waals surface area contributed by atoms with Crippen LogP contribution >= 0.6 is 22.9 Å². The average molecular weight is 367 g/mol. The lowest BCUT2D eigenvalue weighted by Gasteiger charge is -2.19. The molecular weight excluding hydrogens is 357 g/mol. The van der Waals surface area contributed by atoms with Gasteiger partial charge in [-0.3, -0.25) is 0 Å². The zero-order valence-corrected chi connectivity index (χ0v) is 13.4. The van der Waals surface area contributed by atoms with Crippen molar-refractivity contribution in [1.82, 2.24) is 10.2 Å². The maximum absolute atomic E-state index is 12.6. The van der Waals surface area contributed by atoms with E-state index in [0.717, 1.165) is 4.90 Å². The number of anilines is 2. The van der Waals surface area contributed by atoms with E-state index in [1.165, 1.54) is 19.2 Å². The number of carbonyl (C=O) groups is 1. The molecule has 0 spiro atoms. The van der Waals surface area contributed by atoms with E-state index in [0.29, 0.717) is 11.3 Å². The van der Waals surface area contributed by atoms with Crippen LogP contribution in [-0.4, -0.2) is 23.3 Å². The minimum atomic E-state index is -4.67. The second-order valence-corrected chi connectivity index (χ2v) is 5.70. The number of benzene rings is 1. The molecule has 23 heavy (non-hydrogen) atoms. The number of hydrogen-bond acceptors (Lipinski definition) is 5. The number of aryl methyl sites for hydroxylation is 1. The highest BCUT2D eigenvalue weighted by Crippen LogP contribution is 2.40. The Morgan fingerprint density at radius 2 is 2.04 bits per heavy atom. The summed E-state index contributed by atoms with van der Waals surface area (Å²) in [4.78, 5) is 12.5. The molecule has 1 aromatic carbocycles. The van der Waals surface area contributed by atoms with Crippen molar-refractivity contribution in [3.8, 4) is 5.75 Å². The molecule has 0 atom stereocenters. The lowest BCUT2D eigenvalue weighted by molar-refractivity contribution is -0.138. The fourth-order valence-corrected chi connectivity index (χ4v) is 2.75. The van der Waals surface area contributed by atoms with E-state index in [1.54, 1.807) is 6.92 Å². The smallest absolute Gasteiger partial charge is 0.445 e. The predicted molar refractivity (Wildman–Crippen MR) is 79.4 cm³/mol. The van der Waals surface area contributed by atoms with E-state index in [9.17, 15) is 18.0 Å². The number of nitrogens with zero attached hydrogens (tertiary/aromatic N) is 3. The summed E-state index contributed by atoms with van der Waals surface area (Å²) in [5.74, 6) is 0.455. The van der Waals surface area contributed by atoms with Crippen LogP contribution in [0.3, 0.4) is 0 Å². The van der Waals surface area contributed by atoms with Crippen LogP contribution in [0.25, 0.3) is 0 Å². The van der Waals surface area contributed by atoms with Gasteiger partial charge in [0, 0.05) is 6.07 Å². The Kier molecular flexibility index (Phi) is 4.66. The molecule has 0 saturated carbocycles. The van der Waals surface area contributed by atoms with Crippen molar-refractivity contribution in [3.05, 3.63) is 27.7 Å². The molecule has 0 aliphatic carbocycles. The van der Waals surface area contributed by atoms with Gasteiger partial charge in [-0.1, -0.05) is 22.9 Å². The van der Waals surface area contributed by atoms with Gasteiger partial charge in [0.2, 0.25) is 10.1 Å². The van der Waals surface area contributed by atoms with Gasteiger partial charge in [0.15, 0.2) is 0 Å². The molecule has 11 heteroatoms. The van der Waals surface area contributed by atoms with Gasteiger partial charge in [0.05, 0.1) is 17.8 Å². The summed E-state index contributed by atoms with van der Waals surface area (Å²) < 4.78 is 43.0. The normalized spacial score (nSPS) is 11.4. The quantitative estimate of drug-likeness (QED) is 0.897. The Morgan fingerprint density at radius 3 is 2.52 bits per heavy atom. The van der Waals surface area contributed by atoms with E-state index in [2.05, 4.69) is 10.2 Å². The maximum Gasteiger partial charge on any atom is 0.445 e. The molecule has 2 aromatic rings. The number of methoxy groups -OCH3 is 1. The van der Waals surface area contributed by atoms with Gasteiger partial charge >= 0.3 is 12.2 Å². The largest absolute Gasteiger partial charge is 0.496 e. The standard InChI is InChI=1S/C12H10ClF3N4O2S/c1-5-3-7(6(13)4-8(5)22-2)20(10(17)21)11-19-18-9(23-11)12(14,15)16/h3-4H,1-2H3,(H2,17,21). The number of aromatic nitrogens is 2. The molecule has 0 fully saturated rings. The third-order valence-corrected chi connectivity index (χ3v) is 4.03. The zero-order chi connectivity index (χ0) is 17.4. The van der Waals surface area contributed by atoms with Crippen molar-refractivity contribution >= 4 is 39.8 Å². The Balaban J connectivity index is 2.54. The number of carbonyl (C=O) groups excluding carboxylic acids is 1. The molecule has 0 radical (unpaired) electrons. The summed E-state index contributed by atoms with van der Waals surface area (Å²) >= 11 is 6.25. The highest BCUT2D eigenvalue weighted by Gasteiger charge is 2.37. The minimum absolute atomic E-state index is 0.0648. The van der Waals surface area contributed by atoms with Gasteiger partial charge in [-0.15, -0.1) is 10.2 Å². The van der Waals surface area contributed by atoms with Crippen molar-refractivity contribution in [2.45, 2.75) is 13.1 Å². The first kappa shape index (κ1) is 17.3. The molecule has 0 aliphatic heterocycles. The number of halogens is 4. The molecule has 0 aliphatic rings. The fourth-order valence-electron chi connectivity index (χ4n) is 1.78. The first-order chi connectivity index (χ1) is 10.6. The van der Waals surface area contributed by atoms with E-state index >= 15 is 0 Å². The topological polar surface area (TPSA) is 81.3 Å². The van der Waals surface area contributed by atoms with Crippen molar-refractivity contribution in [2.75, 3.05) is 12.0 Å². The number of ether oxygens (including phenoxy) is 1. The molecule has 0 saturated heterocycles. The van der Waals surface area contributed by atoms with Crippen LogP contribution in [-0.2, 0) is 6.18 Å². The Bertz CT molecular complexity index is 750. The van der Waals surface area contributed by atoms with Crippen LogP contribution in [0.1, 0.15) is 10.6 Å². The van der Waals surface area contributed by atoms with E-state index in [-0.39, 0.29) is 27.2 Å². The van der Waals surface area contributed by atoms with Gasteiger partial charge in [-0.25, -0.2) is 9.69 Å². The van der Waals surface area contributed by atoms with Gasteiger partial charge in [0.25, 0.3) is 0 Å². The summed E-state index contributed by atoms with van der Waals surface area (Å²) in [5, 5.41) is 4.94. The molecular formula is C12H10ClF3N4O2S. The summed E-state index contributed by atoms with van der Waals surface area (Å²) in [6.07, 6.45) is -4.67. The van der Waals surface area contributed by atoms with E-state index in [4.69, 9.17) is 22.1 Å². The predicted octanol–water partition coefficient (Wildman–Crippen LogP) is 3.74. The molecule has 2 N–H and O–H groups in total. The molecule has 124 valence electrons. The summed E-state index contributed by atoms with van der Waals surface area (Å²) in [6, 6.07) is 1.84. The highest BCUT2D eigenvalue weighted by atomic mass is 35.5. The van der Waals surface area contributed by atoms with Crippen molar-refractivity contribution in [3.63, 3.8) is 0 Å². The van der Waals surface area contributed by atoms with Crippen LogP contribution in [0.15, 0.2) is 12.1 Å². The van der Waals surface area contributed by atoms with Gasteiger partial charge in [-0.2, -0.15) is 13.2 Å². The molecule has 0 unspecified atom stereocenters.